The molecule has 0 amide bonds. The summed E-state index contributed by atoms with van der Waals surface area (Å²) in [5.74, 6) is 0.824. The molecule has 0 unspecified atom stereocenters. The Kier molecular flexibility index (Phi) is 3.44. The zero-order chi connectivity index (χ0) is 11.3. The molecule has 0 aliphatic carbocycles. The topological polar surface area (TPSA) is 71.7 Å². The van der Waals surface area contributed by atoms with Crippen molar-refractivity contribution in [2.75, 3.05) is 14.2 Å². The number of rotatable bonds is 3. The molecule has 76 valence electrons. The van der Waals surface area contributed by atoms with Crippen molar-refractivity contribution in [2.24, 2.45) is 4.99 Å². The van der Waals surface area contributed by atoms with Gasteiger partial charge in [0.15, 0.2) is 11.5 Å². The summed E-state index contributed by atoms with van der Waals surface area (Å²) in [6.45, 7) is 0. The number of nitriles is 1. The number of isocyanates is 1. The highest BCUT2D eigenvalue weighted by molar-refractivity contribution is 5.64. The van der Waals surface area contributed by atoms with Gasteiger partial charge in [0.2, 0.25) is 6.08 Å². The van der Waals surface area contributed by atoms with E-state index >= 15 is 0 Å². The second kappa shape index (κ2) is 4.80. The van der Waals surface area contributed by atoms with Crippen molar-refractivity contribution < 1.29 is 14.3 Å². The van der Waals surface area contributed by atoms with Gasteiger partial charge >= 0.3 is 0 Å². The molecule has 0 aliphatic heterocycles. The van der Waals surface area contributed by atoms with E-state index in [1.807, 2.05) is 6.07 Å². The highest BCUT2D eigenvalue weighted by atomic mass is 16.5. The maximum Gasteiger partial charge on any atom is 0.240 e. The SMILES string of the molecule is COc1cc(C#N)c(N=C=O)cc1OC. The largest absolute Gasteiger partial charge is 0.493 e. The Labute approximate surface area is 86.6 Å². The summed E-state index contributed by atoms with van der Waals surface area (Å²) in [4.78, 5) is 13.5. The summed E-state index contributed by atoms with van der Waals surface area (Å²) in [6, 6.07) is 4.80. The molecule has 0 bridgehead atoms. The lowest BCUT2D eigenvalue weighted by Gasteiger charge is -2.08. The molecule has 0 N–H and O–H groups in total. The second-order valence-electron chi connectivity index (χ2n) is 2.54. The Morgan fingerprint density at radius 2 is 1.87 bits per heavy atom. The predicted octanol–water partition coefficient (Wildman–Crippen LogP) is 1.54. The number of nitrogens with zero attached hydrogens (tertiary/aromatic N) is 2. The lowest BCUT2D eigenvalue weighted by molar-refractivity contribution is 0.355. The Balaban J connectivity index is 3.41. The molecule has 0 atom stereocenters. The van der Waals surface area contributed by atoms with Gasteiger partial charge in [-0.3, -0.25) is 0 Å². The average Bonchev–Trinajstić information content (AvgIpc) is 2.28. The van der Waals surface area contributed by atoms with E-state index in [0.717, 1.165) is 0 Å². The predicted molar refractivity (Wildman–Crippen MR) is 52.0 cm³/mol. The molecule has 1 rings (SSSR count). The van der Waals surface area contributed by atoms with Gasteiger partial charge in [0.05, 0.1) is 25.5 Å². The molecule has 0 spiro atoms. The van der Waals surface area contributed by atoms with Crippen LogP contribution in [0.15, 0.2) is 17.1 Å². The molecule has 5 heteroatoms. The number of hydrogen-bond acceptors (Lipinski definition) is 5. The maximum atomic E-state index is 10.1. The van der Waals surface area contributed by atoms with Gasteiger partial charge in [-0.1, -0.05) is 0 Å². The number of ether oxygens (including phenoxy) is 2. The van der Waals surface area contributed by atoms with Gasteiger partial charge in [-0.25, -0.2) is 4.79 Å². The highest BCUT2D eigenvalue weighted by Crippen LogP contribution is 2.34. The highest BCUT2D eigenvalue weighted by Gasteiger charge is 2.10. The average molecular weight is 204 g/mol. The minimum absolute atomic E-state index is 0.213. The lowest BCUT2D eigenvalue weighted by atomic mass is 10.1. The van der Waals surface area contributed by atoms with Gasteiger partial charge in [0.1, 0.15) is 6.07 Å². The fourth-order valence-corrected chi connectivity index (χ4v) is 1.10. The van der Waals surface area contributed by atoms with Crippen LogP contribution in [0.3, 0.4) is 0 Å². The van der Waals surface area contributed by atoms with Gasteiger partial charge in [-0.15, -0.1) is 0 Å². The Bertz CT molecular complexity index is 456. The van der Waals surface area contributed by atoms with E-state index in [4.69, 9.17) is 14.7 Å². The molecular formula is C10H8N2O3. The molecule has 0 radical (unpaired) electrons. The van der Waals surface area contributed by atoms with E-state index in [-0.39, 0.29) is 11.3 Å². The van der Waals surface area contributed by atoms with Crippen molar-refractivity contribution in [1.82, 2.24) is 0 Å². The number of aliphatic imine (C=N–C) groups is 1. The maximum absolute atomic E-state index is 10.1. The van der Waals surface area contributed by atoms with Crippen LogP contribution in [0.5, 0.6) is 11.5 Å². The molecular weight excluding hydrogens is 196 g/mol. The molecule has 0 fully saturated rings. The van der Waals surface area contributed by atoms with Crippen molar-refractivity contribution in [3.8, 4) is 17.6 Å². The number of hydrogen-bond donors (Lipinski definition) is 0. The molecule has 1 aromatic carbocycles. The van der Waals surface area contributed by atoms with E-state index in [1.54, 1.807) is 0 Å². The van der Waals surface area contributed by atoms with Crippen molar-refractivity contribution >= 4 is 11.8 Å². The third-order valence-corrected chi connectivity index (χ3v) is 1.79. The summed E-state index contributed by atoms with van der Waals surface area (Å²) in [5.41, 5.74) is 0.446. The monoisotopic (exact) mass is 204 g/mol. The fourth-order valence-electron chi connectivity index (χ4n) is 1.10. The number of carbonyl (C=O) groups excluding carboxylic acids is 1. The molecule has 0 aromatic heterocycles. The van der Waals surface area contributed by atoms with Crippen molar-refractivity contribution in [1.29, 1.82) is 5.26 Å². The zero-order valence-electron chi connectivity index (χ0n) is 8.27. The quantitative estimate of drug-likeness (QED) is 0.553. The molecule has 0 saturated carbocycles. The van der Waals surface area contributed by atoms with Gasteiger partial charge in [0.25, 0.3) is 0 Å². The molecule has 0 saturated heterocycles. The van der Waals surface area contributed by atoms with Crippen molar-refractivity contribution in [2.45, 2.75) is 0 Å². The number of benzene rings is 1. The minimum atomic E-state index is 0.213. The first-order chi connectivity index (χ1) is 7.26. The summed E-state index contributed by atoms with van der Waals surface area (Å²) >= 11 is 0. The number of methoxy groups -OCH3 is 2. The van der Waals surface area contributed by atoms with Crippen LogP contribution in [0.1, 0.15) is 5.56 Å². The summed E-state index contributed by atoms with van der Waals surface area (Å²) in [5, 5.41) is 8.79. The van der Waals surface area contributed by atoms with Gasteiger partial charge < -0.3 is 9.47 Å². The van der Waals surface area contributed by atoms with Gasteiger partial charge in [0, 0.05) is 12.1 Å². The van der Waals surface area contributed by atoms with Crippen LogP contribution in [-0.2, 0) is 4.79 Å². The standard InChI is InChI=1S/C10H8N2O3/c1-14-9-3-7(5-11)8(12-6-13)4-10(9)15-2/h3-4H,1-2H3. The van der Waals surface area contributed by atoms with Crippen LogP contribution >= 0.6 is 0 Å². The van der Waals surface area contributed by atoms with Crippen LogP contribution in [0.4, 0.5) is 5.69 Å². The van der Waals surface area contributed by atoms with Crippen LogP contribution in [0.2, 0.25) is 0 Å². The van der Waals surface area contributed by atoms with Crippen molar-refractivity contribution in [3.05, 3.63) is 17.7 Å². The first-order valence-electron chi connectivity index (χ1n) is 4.00. The normalized spacial score (nSPS) is 8.60. The molecule has 0 aliphatic rings. The van der Waals surface area contributed by atoms with E-state index < -0.39 is 0 Å². The third-order valence-electron chi connectivity index (χ3n) is 1.79. The van der Waals surface area contributed by atoms with E-state index in [2.05, 4.69) is 4.99 Å². The molecule has 5 nitrogen and oxygen atoms in total. The van der Waals surface area contributed by atoms with E-state index in [1.165, 1.54) is 32.4 Å². The molecule has 0 heterocycles. The fraction of sp³-hybridized carbons (Fsp3) is 0.200. The summed E-state index contributed by atoms with van der Waals surface area (Å²) in [6.07, 6.45) is 1.38. The van der Waals surface area contributed by atoms with Crippen LogP contribution in [0, 0.1) is 11.3 Å². The van der Waals surface area contributed by atoms with Gasteiger partial charge in [-0.05, 0) is 0 Å². The lowest BCUT2D eigenvalue weighted by Crippen LogP contribution is -1.91. The zero-order valence-corrected chi connectivity index (χ0v) is 8.27. The minimum Gasteiger partial charge on any atom is -0.493 e. The summed E-state index contributed by atoms with van der Waals surface area (Å²) < 4.78 is 9.99. The first kappa shape index (κ1) is 10.8. The third kappa shape index (κ3) is 2.13. The first-order valence-corrected chi connectivity index (χ1v) is 4.00. The Hall–Kier alpha value is -2.31. The smallest absolute Gasteiger partial charge is 0.240 e. The van der Waals surface area contributed by atoms with E-state index in [9.17, 15) is 4.79 Å². The van der Waals surface area contributed by atoms with Crippen LogP contribution in [-0.4, -0.2) is 20.3 Å². The summed E-state index contributed by atoms with van der Waals surface area (Å²) in [7, 11) is 2.92. The van der Waals surface area contributed by atoms with Crippen LogP contribution < -0.4 is 9.47 Å². The van der Waals surface area contributed by atoms with Gasteiger partial charge in [-0.2, -0.15) is 10.3 Å². The Morgan fingerprint density at radius 3 is 2.33 bits per heavy atom. The van der Waals surface area contributed by atoms with Crippen LogP contribution in [0.25, 0.3) is 0 Å². The molecule has 1 aromatic rings. The van der Waals surface area contributed by atoms with Crippen molar-refractivity contribution in [3.63, 3.8) is 0 Å². The molecule has 15 heavy (non-hydrogen) atoms. The second-order valence-corrected chi connectivity index (χ2v) is 2.54. The van der Waals surface area contributed by atoms with E-state index in [0.29, 0.717) is 11.5 Å². The Morgan fingerprint density at radius 1 is 1.27 bits per heavy atom.